The van der Waals surface area contributed by atoms with E-state index in [2.05, 4.69) is 4.98 Å². The molecule has 0 saturated heterocycles. The summed E-state index contributed by atoms with van der Waals surface area (Å²) in [7, 11) is 1.67. The average molecular weight is 208 g/mol. The zero-order chi connectivity index (χ0) is 11.3. The Kier molecular flexibility index (Phi) is 3.61. The van der Waals surface area contributed by atoms with Crippen LogP contribution in [-0.2, 0) is 6.54 Å². The first-order valence-corrected chi connectivity index (χ1v) is 4.31. The molecule has 0 fully saturated rings. The maximum Gasteiger partial charge on any atom is 0.274 e. The molecule has 0 bridgehead atoms. The van der Waals surface area contributed by atoms with Crippen molar-refractivity contribution in [1.82, 2.24) is 9.88 Å². The average Bonchev–Trinajstić information content (AvgIpc) is 2.18. The molecule has 0 amide bonds. The van der Waals surface area contributed by atoms with Crippen molar-refractivity contribution in [3.63, 3.8) is 0 Å². The maximum absolute atomic E-state index is 10.2. The van der Waals surface area contributed by atoms with Crippen molar-refractivity contribution in [3.8, 4) is 0 Å². The molecular formula is C9H12N4O2. The van der Waals surface area contributed by atoms with Crippen molar-refractivity contribution in [2.75, 3.05) is 7.05 Å². The number of pyridine rings is 1. The molecule has 0 aromatic carbocycles. The molecule has 0 aliphatic rings. The minimum absolute atomic E-state index is 0.102. The van der Waals surface area contributed by atoms with Crippen LogP contribution in [0.25, 0.3) is 0 Å². The van der Waals surface area contributed by atoms with E-state index in [9.17, 15) is 10.1 Å². The van der Waals surface area contributed by atoms with Crippen molar-refractivity contribution >= 4 is 0 Å². The summed E-state index contributed by atoms with van der Waals surface area (Å²) in [5.41, 5.74) is 6.29. The number of aromatic nitrogens is 1. The molecule has 6 nitrogen and oxygen atoms in total. The fourth-order valence-corrected chi connectivity index (χ4v) is 1.03. The summed E-state index contributed by atoms with van der Waals surface area (Å²) >= 11 is 0. The molecule has 1 rings (SSSR count). The van der Waals surface area contributed by atoms with Gasteiger partial charge in [0.2, 0.25) is 0 Å². The van der Waals surface area contributed by atoms with Crippen LogP contribution >= 0.6 is 0 Å². The van der Waals surface area contributed by atoms with Gasteiger partial charge in [0.25, 0.3) is 6.20 Å². The molecular weight excluding hydrogens is 196 g/mol. The molecule has 0 spiro atoms. The van der Waals surface area contributed by atoms with Crippen molar-refractivity contribution < 1.29 is 4.92 Å². The molecule has 0 atom stereocenters. The largest absolute Gasteiger partial charge is 0.380 e. The van der Waals surface area contributed by atoms with Gasteiger partial charge < -0.3 is 10.6 Å². The molecule has 1 heterocycles. The fraction of sp³-hybridized carbons (Fsp3) is 0.222. The van der Waals surface area contributed by atoms with Crippen molar-refractivity contribution in [2.24, 2.45) is 5.73 Å². The van der Waals surface area contributed by atoms with Crippen molar-refractivity contribution in [3.05, 3.63) is 52.2 Å². The van der Waals surface area contributed by atoms with E-state index in [1.165, 1.54) is 0 Å². The van der Waals surface area contributed by atoms with Gasteiger partial charge in [0.1, 0.15) is 0 Å². The van der Waals surface area contributed by atoms with E-state index in [-0.39, 0.29) is 5.82 Å². The monoisotopic (exact) mass is 208 g/mol. The number of rotatable bonds is 4. The molecule has 2 N–H and O–H groups in total. The topological polar surface area (TPSA) is 85.3 Å². The summed E-state index contributed by atoms with van der Waals surface area (Å²) in [4.78, 5) is 15.2. The second-order valence-electron chi connectivity index (χ2n) is 3.02. The Morgan fingerprint density at radius 3 is 3.00 bits per heavy atom. The molecule has 0 radical (unpaired) electrons. The second kappa shape index (κ2) is 4.94. The van der Waals surface area contributed by atoms with Gasteiger partial charge in [0.15, 0.2) is 5.82 Å². The van der Waals surface area contributed by atoms with Gasteiger partial charge in [-0.05, 0) is 12.1 Å². The molecule has 80 valence electrons. The van der Waals surface area contributed by atoms with E-state index < -0.39 is 4.92 Å². The van der Waals surface area contributed by atoms with Crippen LogP contribution in [0.3, 0.4) is 0 Å². The molecule has 0 unspecified atom stereocenters. The summed E-state index contributed by atoms with van der Waals surface area (Å²) in [5, 5.41) is 10.2. The van der Waals surface area contributed by atoms with Crippen LogP contribution in [0, 0.1) is 10.1 Å². The first-order valence-electron chi connectivity index (χ1n) is 4.31. The molecule has 0 aliphatic carbocycles. The lowest BCUT2D eigenvalue weighted by atomic mass is 10.3. The zero-order valence-corrected chi connectivity index (χ0v) is 8.33. The SMILES string of the molecule is CN(Cc1ccccn1)/C(N)=C/[N+](=O)[O-]. The lowest BCUT2D eigenvalue weighted by molar-refractivity contribution is -0.404. The fourth-order valence-electron chi connectivity index (χ4n) is 1.03. The minimum Gasteiger partial charge on any atom is -0.380 e. The van der Waals surface area contributed by atoms with Crippen LogP contribution in [0.5, 0.6) is 0 Å². The summed E-state index contributed by atoms with van der Waals surface area (Å²) in [5.74, 6) is 0.102. The van der Waals surface area contributed by atoms with Gasteiger partial charge in [-0.15, -0.1) is 0 Å². The molecule has 6 heteroatoms. The third-order valence-corrected chi connectivity index (χ3v) is 1.80. The molecule has 0 saturated carbocycles. The highest BCUT2D eigenvalue weighted by Crippen LogP contribution is 2.02. The summed E-state index contributed by atoms with van der Waals surface area (Å²) in [6.45, 7) is 0.441. The normalized spacial score (nSPS) is 11.1. The highest BCUT2D eigenvalue weighted by molar-refractivity contribution is 5.04. The third kappa shape index (κ3) is 3.63. The third-order valence-electron chi connectivity index (χ3n) is 1.80. The van der Waals surface area contributed by atoms with Crippen LogP contribution in [-0.4, -0.2) is 21.9 Å². The first-order chi connectivity index (χ1) is 7.09. The van der Waals surface area contributed by atoms with Crippen LogP contribution in [0.15, 0.2) is 36.4 Å². The van der Waals surface area contributed by atoms with Gasteiger partial charge >= 0.3 is 0 Å². The van der Waals surface area contributed by atoms with E-state index in [4.69, 9.17) is 5.73 Å². The Morgan fingerprint density at radius 2 is 2.47 bits per heavy atom. The predicted molar refractivity (Wildman–Crippen MR) is 55.0 cm³/mol. The molecule has 15 heavy (non-hydrogen) atoms. The Morgan fingerprint density at radius 1 is 1.73 bits per heavy atom. The lowest BCUT2D eigenvalue weighted by Crippen LogP contribution is -2.24. The van der Waals surface area contributed by atoms with Gasteiger partial charge in [-0.2, -0.15) is 0 Å². The van der Waals surface area contributed by atoms with Crippen LogP contribution in [0.2, 0.25) is 0 Å². The Labute approximate surface area is 87.2 Å². The summed E-state index contributed by atoms with van der Waals surface area (Å²) in [6, 6.07) is 5.49. The van der Waals surface area contributed by atoms with Crippen LogP contribution in [0.1, 0.15) is 5.69 Å². The van der Waals surface area contributed by atoms with E-state index in [0.29, 0.717) is 6.54 Å². The van der Waals surface area contributed by atoms with Gasteiger partial charge in [-0.3, -0.25) is 15.1 Å². The number of nitro groups is 1. The summed E-state index contributed by atoms with van der Waals surface area (Å²) < 4.78 is 0. The molecule has 1 aromatic heterocycles. The van der Waals surface area contributed by atoms with E-state index in [1.54, 1.807) is 24.2 Å². The lowest BCUT2D eigenvalue weighted by Gasteiger charge is -2.16. The zero-order valence-electron chi connectivity index (χ0n) is 8.33. The Hall–Kier alpha value is -2.11. The minimum atomic E-state index is -0.579. The second-order valence-corrected chi connectivity index (χ2v) is 3.02. The van der Waals surface area contributed by atoms with Crippen molar-refractivity contribution in [1.29, 1.82) is 0 Å². The first kappa shape index (κ1) is 11.0. The van der Waals surface area contributed by atoms with E-state index in [1.807, 2.05) is 12.1 Å². The predicted octanol–water partition coefficient (Wildman–Crippen LogP) is 0.548. The number of nitrogens with two attached hydrogens (primary N) is 1. The van der Waals surface area contributed by atoms with Gasteiger partial charge in [-0.1, -0.05) is 6.07 Å². The van der Waals surface area contributed by atoms with Gasteiger partial charge in [0, 0.05) is 13.2 Å². The van der Waals surface area contributed by atoms with Crippen LogP contribution in [0.4, 0.5) is 0 Å². The van der Waals surface area contributed by atoms with E-state index in [0.717, 1.165) is 11.9 Å². The molecule has 1 aromatic rings. The van der Waals surface area contributed by atoms with Crippen LogP contribution < -0.4 is 5.73 Å². The number of nitrogens with zero attached hydrogens (tertiary/aromatic N) is 3. The quantitative estimate of drug-likeness (QED) is 0.576. The summed E-state index contributed by atoms with van der Waals surface area (Å²) in [6.07, 6.45) is 2.43. The number of hydrogen-bond donors (Lipinski definition) is 1. The van der Waals surface area contributed by atoms with Gasteiger partial charge in [0.05, 0.1) is 17.2 Å². The Balaban J connectivity index is 2.64. The smallest absolute Gasteiger partial charge is 0.274 e. The molecule has 0 aliphatic heterocycles. The number of hydrogen-bond acceptors (Lipinski definition) is 5. The van der Waals surface area contributed by atoms with E-state index >= 15 is 0 Å². The van der Waals surface area contributed by atoms with Gasteiger partial charge in [-0.25, -0.2) is 0 Å². The standard InChI is InChI=1S/C9H12N4O2/c1-12(9(10)7-13(14)15)6-8-4-2-3-5-11-8/h2-5,7H,6,10H2,1H3/b9-7+. The van der Waals surface area contributed by atoms with Crippen molar-refractivity contribution in [2.45, 2.75) is 6.54 Å². The maximum atomic E-state index is 10.2. The highest BCUT2D eigenvalue weighted by atomic mass is 16.6. The highest BCUT2D eigenvalue weighted by Gasteiger charge is 2.05. The Bertz CT molecular complexity index is 364.